The van der Waals surface area contributed by atoms with Gasteiger partial charge in [0.1, 0.15) is 11.5 Å². The molecule has 0 N–H and O–H groups in total. The molecule has 2 heterocycles. The number of hydrogen-bond acceptors (Lipinski definition) is 5. The van der Waals surface area contributed by atoms with Crippen molar-refractivity contribution >= 4 is 11.8 Å². The number of benzene rings is 1. The molecule has 1 fully saturated rings. The molecule has 1 amide bonds. The van der Waals surface area contributed by atoms with Crippen LogP contribution in [0.4, 0.5) is 10.3 Å². The van der Waals surface area contributed by atoms with E-state index in [0.29, 0.717) is 51.0 Å². The third-order valence-electron chi connectivity index (χ3n) is 4.47. The van der Waals surface area contributed by atoms with Gasteiger partial charge in [-0.1, -0.05) is 12.1 Å². The molecule has 26 heavy (non-hydrogen) atoms. The van der Waals surface area contributed by atoms with E-state index in [9.17, 15) is 9.18 Å². The van der Waals surface area contributed by atoms with Crippen molar-refractivity contribution in [3.8, 4) is 11.3 Å². The zero-order chi connectivity index (χ0) is 18.5. The molecule has 1 aliphatic heterocycles. The van der Waals surface area contributed by atoms with Crippen LogP contribution in [0, 0.1) is 5.82 Å². The van der Waals surface area contributed by atoms with Crippen LogP contribution in [0.25, 0.3) is 11.3 Å². The smallest absolute Gasteiger partial charge is 0.233 e. The maximum absolute atomic E-state index is 13.3. The fourth-order valence-corrected chi connectivity index (χ4v) is 3.10. The molecule has 7 heteroatoms. The summed E-state index contributed by atoms with van der Waals surface area (Å²) >= 11 is 0. The van der Waals surface area contributed by atoms with Crippen molar-refractivity contribution in [1.82, 2.24) is 10.1 Å². The second-order valence-corrected chi connectivity index (χ2v) is 6.36. The zero-order valence-corrected chi connectivity index (χ0v) is 15.2. The largest absolute Gasteiger partial charge is 0.378 e. The number of ether oxygens (including phenoxy) is 1. The first kappa shape index (κ1) is 18.4. The quantitative estimate of drug-likeness (QED) is 0.791. The van der Waals surface area contributed by atoms with E-state index in [4.69, 9.17) is 9.26 Å². The average molecular weight is 361 g/mol. The summed E-state index contributed by atoms with van der Waals surface area (Å²) in [6.45, 7) is 7.33. The molecule has 1 aliphatic rings. The lowest BCUT2D eigenvalue weighted by atomic mass is 10.1. The fraction of sp³-hybridized carbons (Fsp3) is 0.474. The third kappa shape index (κ3) is 4.04. The molecule has 6 nitrogen and oxygen atoms in total. The molecule has 1 aromatic heterocycles. The molecule has 0 radical (unpaired) electrons. The van der Waals surface area contributed by atoms with Crippen LogP contribution >= 0.6 is 0 Å². The first-order chi connectivity index (χ1) is 12.6. The zero-order valence-electron chi connectivity index (χ0n) is 15.2. The Morgan fingerprint density at radius 2 is 1.96 bits per heavy atom. The predicted molar refractivity (Wildman–Crippen MR) is 96.3 cm³/mol. The van der Waals surface area contributed by atoms with Crippen molar-refractivity contribution < 1.29 is 18.4 Å². The predicted octanol–water partition coefficient (Wildman–Crippen LogP) is 3.08. The molecule has 0 atom stereocenters. The fourth-order valence-electron chi connectivity index (χ4n) is 3.10. The number of amides is 1. The van der Waals surface area contributed by atoms with Gasteiger partial charge in [-0.25, -0.2) is 4.39 Å². The van der Waals surface area contributed by atoms with Crippen LogP contribution in [0.2, 0.25) is 0 Å². The number of anilines is 1. The van der Waals surface area contributed by atoms with Crippen LogP contribution in [0.15, 0.2) is 28.8 Å². The highest BCUT2D eigenvalue weighted by molar-refractivity contribution is 5.75. The van der Waals surface area contributed by atoms with Crippen molar-refractivity contribution in [1.29, 1.82) is 0 Å². The van der Waals surface area contributed by atoms with Crippen LogP contribution in [0.5, 0.6) is 0 Å². The summed E-state index contributed by atoms with van der Waals surface area (Å²) in [5.74, 6) is 0.365. The molecule has 0 aliphatic carbocycles. The minimum absolute atomic E-state index is 0.00559. The van der Waals surface area contributed by atoms with Crippen LogP contribution in [-0.2, 0) is 16.1 Å². The van der Waals surface area contributed by atoms with Gasteiger partial charge in [0.05, 0.1) is 25.3 Å². The number of hydrogen-bond donors (Lipinski definition) is 0. The Bertz CT molecular complexity index is 739. The van der Waals surface area contributed by atoms with E-state index < -0.39 is 0 Å². The van der Waals surface area contributed by atoms with Gasteiger partial charge in [-0.05, 0) is 30.7 Å². The van der Waals surface area contributed by atoms with E-state index >= 15 is 0 Å². The van der Waals surface area contributed by atoms with Gasteiger partial charge in [0, 0.05) is 32.1 Å². The number of rotatable bonds is 6. The summed E-state index contributed by atoms with van der Waals surface area (Å²) in [6.07, 6.45) is 0.865. The number of aromatic nitrogens is 1. The molecule has 140 valence electrons. The topological polar surface area (TPSA) is 58.8 Å². The summed E-state index contributed by atoms with van der Waals surface area (Å²) in [5, 5.41) is 4.25. The second-order valence-electron chi connectivity index (χ2n) is 6.36. The van der Waals surface area contributed by atoms with E-state index in [-0.39, 0.29) is 11.7 Å². The highest BCUT2D eigenvalue weighted by atomic mass is 19.1. The highest BCUT2D eigenvalue weighted by Crippen LogP contribution is 2.33. The summed E-state index contributed by atoms with van der Waals surface area (Å²) in [6, 6.07) is 6.16. The maximum atomic E-state index is 13.3. The van der Waals surface area contributed by atoms with Crippen molar-refractivity contribution in [2.75, 3.05) is 37.7 Å². The summed E-state index contributed by atoms with van der Waals surface area (Å²) < 4.78 is 24.4. The van der Waals surface area contributed by atoms with Gasteiger partial charge in [-0.3, -0.25) is 4.79 Å². The molecule has 0 unspecified atom stereocenters. The first-order valence-corrected chi connectivity index (χ1v) is 8.92. The van der Waals surface area contributed by atoms with Crippen LogP contribution < -0.4 is 4.90 Å². The molecular formula is C19H24FN3O3. The lowest BCUT2D eigenvalue weighted by molar-refractivity contribution is -0.129. The Morgan fingerprint density at radius 3 is 2.58 bits per heavy atom. The van der Waals surface area contributed by atoms with E-state index in [2.05, 4.69) is 10.1 Å². The number of carbonyl (C=O) groups excluding carboxylic acids is 1. The van der Waals surface area contributed by atoms with Crippen molar-refractivity contribution in [2.24, 2.45) is 0 Å². The van der Waals surface area contributed by atoms with E-state index in [1.165, 1.54) is 12.1 Å². The van der Waals surface area contributed by atoms with Gasteiger partial charge < -0.3 is 19.1 Å². The Kier molecular flexibility index (Phi) is 5.88. The van der Waals surface area contributed by atoms with Crippen LogP contribution in [0.1, 0.15) is 25.8 Å². The monoisotopic (exact) mass is 361 g/mol. The standard InChI is InChI=1S/C19H24FN3O3/c1-3-8-23(14(2)24)13-17-18(15-4-6-16(20)7-5-15)21-26-19(17)22-9-11-25-12-10-22/h4-7H,3,8-13H2,1-2H3. The van der Waals surface area contributed by atoms with Gasteiger partial charge in [0.2, 0.25) is 11.8 Å². The summed E-state index contributed by atoms with van der Waals surface area (Å²) in [4.78, 5) is 15.9. The Morgan fingerprint density at radius 1 is 1.27 bits per heavy atom. The average Bonchev–Trinajstić information content (AvgIpc) is 3.06. The Labute approximate surface area is 152 Å². The Hall–Kier alpha value is -2.41. The lowest BCUT2D eigenvalue weighted by Gasteiger charge is -2.28. The molecule has 0 bridgehead atoms. The number of nitrogens with zero attached hydrogens (tertiary/aromatic N) is 3. The van der Waals surface area contributed by atoms with Gasteiger partial charge in [-0.2, -0.15) is 0 Å². The first-order valence-electron chi connectivity index (χ1n) is 8.92. The van der Waals surface area contributed by atoms with Crippen molar-refractivity contribution in [2.45, 2.75) is 26.8 Å². The highest BCUT2D eigenvalue weighted by Gasteiger charge is 2.26. The normalized spacial score (nSPS) is 14.5. The second kappa shape index (κ2) is 8.31. The van der Waals surface area contributed by atoms with Gasteiger partial charge in [0.25, 0.3) is 0 Å². The van der Waals surface area contributed by atoms with Gasteiger partial charge in [-0.15, -0.1) is 0 Å². The van der Waals surface area contributed by atoms with Gasteiger partial charge >= 0.3 is 0 Å². The van der Waals surface area contributed by atoms with Crippen molar-refractivity contribution in [3.63, 3.8) is 0 Å². The molecular weight excluding hydrogens is 337 g/mol. The van der Waals surface area contributed by atoms with Crippen LogP contribution in [-0.4, -0.2) is 48.8 Å². The number of halogens is 1. The van der Waals surface area contributed by atoms with Gasteiger partial charge in [0.15, 0.2) is 0 Å². The van der Waals surface area contributed by atoms with Crippen molar-refractivity contribution in [3.05, 3.63) is 35.6 Å². The summed E-state index contributed by atoms with van der Waals surface area (Å²) in [7, 11) is 0. The minimum Gasteiger partial charge on any atom is -0.378 e. The summed E-state index contributed by atoms with van der Waals surface area (Å²) in [5.41, 5.74) is 2.26. The van der Waals surface area contributed by atoms with E-state index in [0.717, 1.165) is 17.5 Å². The lowest BCUT2D eigenvalue weighted by Crippen LogP contribution is -2.37. The number of carbonyl (C=O) groups is 1. The molecule has 2 aromatic rings. The molecule has 1 saturated heterocycles. The van der Waals surface area contributed by atoms with E-state index in [1.54, 1.807) is 24.0 Å². The number of morpholine rings is 1. The molecule has 1 aromatic carbocycles. The molecule has 3 rings (SSSR count). The Balaban J connectivity index is 1.99. The minimum atomic E-state index is -0.302. The third-order valence-corrected chi connectivity index (χ3v) is 4.47. The SMILES string of the molecule is CCCN(Cc1c(-c2ccc(F)cc2)noc1N1CCOCC1)C(C)=O. The molecule has 0 spiro atoms. The maximum Gasteiger partial charge on any atom is 0.233 e. The molecule has 0 saturated carbocycles. The van der Waals surface area contributed by atoms with E-state index in [1.807, 2.05) is 6.92 Å². The van der Waals surface area contributed by atoms with Crippen LogP contribution in [0.3, 0.4) is 0 Å².